The number of methoxy groups -OCH3 is 1. The summed E-state index contributed by atoms with van der Waals surface area (Å²) in [7, 11) is 1.61. The maximum Gasteiger partial charge on any atom is 0.134 e. The minimum absolute atomic E-state index is 0.147. The van der Waals surface area contributed by atoms with Crippen LogP contribution in [-0.2, 0) is 11.2 Å². The average molecular weight is 243 g/mol. The van der Waals surface area contributed by atoms with Crippen molar-refractivity contribution in [1.82, 2.24) is 0 Å². The van der Waals surface area contributed by atoms with Gasteiger partial charge < -0.3 is 4.74 Å². The Balaban J connectivity index is 2.96. The number of hydrogen-bond acceptors (Lipinski definition) is 2. The molecule has 0 radical (unpaired) electrons. The van der Waals surface area contributed by atoms with Crippen molar-refractivity contribution in [3.63, 3.8) is 0 Å². The first kappa shape index (κ1) is 10.3. The van der Waals surface area contributed by atoms with E-state index in [-0.39, 0.29) is 5.78 Å². The van der Waals surface area contributed by atoms with E-state index >= 15 is 0 Å². The molecule has 0 aliphatic carbocycles. The number of ketones is 1. The topological polar surface area (TPSA) is 26.3 Å². The van der Waals surface area contributed by atoms with Gasteiger partial charge in [-0.05, 0) is 30.7 Å². The molecule has 0 heterocycles. The number of Topliss-reactive ketones (excluding diaryl/α,β-unsaturated/α-hetero) is 1. The molecule has 0 aromatic heterocycles. The Labute approximate surface area is 86.0 Å². The van der Waals surface area contributed by atoms with Crippen LogP contribution >= 0.6 is 15.9 Å². The summed E-state index contributed by atoms with van der Waals surface area (Å²) in [4.78, 5) is 10.9. The van der Waals surface area contributed by atoms with Crippen molar-refractivity contribution in [3.05, 3.63) is 28.2 Å². The third kappa shape index (κ3) is 2.84. The molecule has 0 N–H and O–H groups in total. The molecular weight excluding hydrogens is 232 g/mol. The Hall–Kier alpha value is -0.830. The zero-order valence-corrected chi connectivity index (χ0v) is 9.22. The molecule has 0 aliphatic rings. The van der Waals surface area contributed by atoms with E-state index in [1.807, 2.05) is 18.2 Å². The van der Waals surface area contributed by atoms with Crippen molar-refractivity contribution in [1.29, 1.82) is 0 Å². The van der Waals surface area contributed by atoms with Crippen LogP contribution < -0.4 is 4.74 Å². The lowest BCUT2D eigenvalue weighted by molar-refractivity contribution is -0.116. The Kier molecular flexibility index (Phi) is 3.48. The van der Waals surface area contributed by atoms with E-state index in [4.69, 9.17) is 4.74 Å². The fraction of sp³-hybridized carbons (Fsp3) is 0.300. The van der Waals surface area contributed by atoms with Gasteiger partial charge in [0, 0.05) is 10.9 Å². The summed E-state index contributed by atoms with van der Waals surface area (Å²) in [5.41, 5.74) is 0.965. The van der Waals surface area contributed by atoms with Gasteiger partial charge in [0.25, 0.3) is 0 Å². The Morgan fingerprint density at radius 2 is 2.23 bits per heavy atom. The maximum absolute atomic E-state index is 10.9. The fourth-order valence-corrected chi connectivity index (χ4v) is 1.47. The fourth-order valence-electron chi connectivity index (χ4n) is 1.08. The van der Waals surface area contributed by atoms with Gasteiger partial charge in [-0.2, -0.15) is 0 Å². The van der Waals surface area contributed by atoms with Crippen LogP contribution in [0.4, 0.5) is 0 Å². The summed E-state index contributed by atoms with van der Waals surface area (Å²) in [6.07, 6.45) is 0.442. The lowest BCUT2D eigenvalue weighted by Gasteiger charge is -2.04. The highest BCUT2D eigenvalue weighted by molar-refractivity contribution is 9.10. The molecule has 13 heavy (non-hydrogen) atoms. The molecule has 3 heteroatoms. The van der Waals surface area contributed by atoms with Gasteiger partial charge in [-0.3, -0.25) is 4.79 Å². The van der Waals surface area contributed by atoms with Crippen molar-refractivity contribution >= 4 is 21.7 Å². The number of halogens is 1. The molecule has 0 unspecified atom stereocenters. The molecule has 0 fully saturated rings. The van der Waals surface area contributed by atoms with Gasteiger partial charge >= 0.3 is 0 Å². The lowest BCUT2D eigenvalue weighted by atomic mass is 10.1. The highest BCUT2D eigenvalue weighted by Crippen LogP contribution is 2.22. The van der Waals surface area contributed by atoms with E-state index in [0.29, 0.717) is 6.42 Å². The Morgan fingerprint density at radius 3 is 2.77 bits per heavy atom. The van der Waals surface area contributed by atoms with Gasteiger partial charge in [0.2, 0.25) is 0 Å². The number of hydrogen-bond donors (Lipinski definition) is 0. The second-order valence-electron chi connectivity index (χ2n) is 2.84. The molecular formula is C10H11BrO2. The first-order valence-electron chi connectivity index (χ1n) is 3.95. The molecule has 1 aromatic carbocycles. The maximum atomic E-state index is 10.9. The van der Waals surface area contributed by atoms with Crippen LogP contribution in [0, 0.1) is 0 Å². The number of rotatable bonds is 3. The van der Waals surface area contributed by atoms with E-state index in [1.54, 1.807) is 14.0 Å². The smallest absolute Gasteiger partial charge is 0.134 e. The molecule has 1 aromatic rings. The van der Waals surface area contributed by atoms with Gasteiger partial charge in [0.05, 0.1) is 7.11 Å². The summed E-state index contributed by atoms with van der Waals surface area (Å²) in [5, 5.41) is 0. The molecule has 0 spiro atoms. The average Bonchev–Trinajstić information content (AvgIpc) is 2.08. The van der Waals surface area contributed by atoms with E-state index in [9.17, 15) is 4.79 Å². The lowest BCUT2D eigenvalue weighted by Crippen LogP contribution is -1.97. The summed E-state index contributed by atoms with van der Waals surface area (Å²) < 4.78 is 6.01. The van der Waals surface area contributed by atoms with Gasteiger partial charge in [0.1, 0.15) is 11.5 Å². The molecule has 0 atom stereocenters. The summed E-state index contributed by atoms with van der Waals surface area (Å²) >= 11 is 3.38. The van der Waals surface area contributed by atoms with Crippen molar-refractivity contribution < 1.29 is 9.53 Å². The number of carbonyl (C=O) groups is 1. The third-order valence-electron chi connectivity index (χ3n) is 1.69. The largest absolute Gasteiger partial charge is 0.497 e. The van der Waals surface area contributed by atoms with Gasteiger partial charge in [0.15, 0.2) is 0 Å². The predicted octanol–water partition coefficient (Wildman–Crippen LogP) is 2.59. The van der Waals surface area contributed by atoms with Crippen molar-refractivity contribution in [2.45, 2.75) is 13.3 Å². The second kappa shape index (κ2) is 4.42. The number of ether oxygens (including phenoxy) is 1. The molecule has 0 amide bonds. The van der Waals surface area contributed by atoms with Crippen LogP contribution in [0.3, 0.4) is 0 Å². The molecule has 0 saturated heterocycles. The van der Waals surface area contributed by atoms with Crippen LogP contribution in [0.15, 0.2) is 22.7 Å². The van der Waals surface area contributed by atoms with Crippen molar-refractivity contribution in [2.75, 3.05) is 7.11 Å². The van der Waals surface area contributed by atoms with Crippen molar-refractivity contribution in [2.24, 2.45) is 0 Å². The molecule has 0 bridgehead atoms. The zero-order valence-electron chi connectivity index (χ0n) is 7.63. The normalized spacial score (nSPS) is 9.77. The third-order valence-corrected chi connectivity index (χ3v) is 2.47. The Bertz CT molecular complexity index is 321. The van der Waals surface area contributed by atoms with Gasteiger partial charge in [-0.1, -0.05) is 15.9 Å². The van der Waals surface area contributed by atoms with Crippen LogP contribution in [0.25, 0.3) is 0 Å². The zero-order chi connectivity index (χ0) is 9.84. The highest BCUT2D eigenvalue weighted by Gasteiger charge is 2.04. The number of carbonyl (C=O) groups excluding carboxylic acids is 1. The van der Waals surface area contributed by atoms with Gasteiger partial charge in [-0.25, -0.2) is 0 Å². The van der Waals surface area contributed by atoms with Gasteiger partial charge in [-0.15, -0.1) is 0 Å². The molecule has 0 saturated carbocycles. The molecule has 1 rings (SSSR count). The standard InChI is InChI=1S/C10H11BrO2/c1-7(12)5-8-6-9(13-2)3-4-10(8)11/h3-4,6H,5H2,1-2H3. The monoisotopic (exact) mass is 242 g/mol. The summed E-state index contributed by atoms with van der Waals surface area (Å²) in [6.45, 7) is 1.58. The van der Waals surface area contributed by atoms with E-state index in [1.165, 1.54) is 0 Å². The van der Waals surface area contributed by atoms with E-state index in [0.717, 1.165) is 15.8 Å². The van der Waals surface area contributed by atoms with Crippen LogP contribution in [0.2, 0.25) is 0 Å². The minimum Gasteiger partial charge on any atom is -0.497 e. The van der Waals surface area contributed by atoms with E-state index in [2.05, 4.69) is 15.9 Å². The number of benzene rings is 1. The second-order valence-corrected chi connectivity index (χ2v) is 3.69. The minimum atomic E-state index is 0.147. The quantitative estimate of drug-likeness (QED) is 0.815. The summed E-state index contributed by atoms with van der Waals surface area (Å²) in [5.74, 6) is 0.924. The molecule has 70 valence electrons. The van der Waals surface area contributed by atoms with Crippen LogP contribution in [0.5, 0.6) is 5.75 Å². The van der Waals surface area contributed by atoms with Crippen LogP contribution in [0.1, 0.15) is 12.5 Å². The predicted molar refractivity (Wildman–Crippen MR) is 55.1 cm³/mol. The highest BCUT2D eigenvalue weighted by atomic mass is 79.9. The van der Waals surface area contributed by atoms with Crippen LogP contribution in [-0.4, -0.2) is 12.9 Å². The molecule has 2 nitrogen and oxygen atoms in total. The SMILES string of the molecule is COc1ccc(Br)c(CC(C)=O)c1. The molecule has 0 aliphatic heterocycles. The van der Waals surface area contributed by atoms with E-state index < -0.39 is 0 Å². The first-order chi connectivity index (χ1) is 6.13. The first-order valence-corrected chi connectivity index (χ1v) is 4.74. The Morgan fingerprint density at radius 1 is 1.54 bits per heavy atom. The summed E-state index contributed by atoms with van der Waals surface area (Å²) in [6, 6.07) is 5.61. The van der Waals surface area contributed by atoms with Crippen molar-refractivity contribution in [3.8, 4) is 5.75 Å².